The second-order valence-corrected chi connectivity index (χ2v) is 4.98. The van der Waals surface area contributed by atoms with Crippen molar-refractivity contribution < 1.29 is 9.84 Å². The van der Waals surface area contributed by atoms with Gasteiger partial charge in [0.1, 0.15) is 5.75 Å². The number of phenols is 1. The zero-order valence-electron chi connectivity index (χ0n) is 10.9. The molecule has 1 aromatic rings. The van der Waals surface area contributed by atoms with Gasteiger partial charge in [0.15, 0.2) is 0 Å². The Kier molecular flexibility index (Phi) is 5.49. The summed E-state index contributed by atoms with van der Waals surface area (Å²) in [5, 5.41) is 12.7. The van der Waals surface area contributed by atoms with Crippen molar-refractivity contribution in [2.24, 2.45) is 0 Å². The monoisotopic (exact) mass is 249 g/mol. The Hall–Kier alpha value is -1.06. The molecule has 1 aromatic carbocycles. The summed E-state index contributed by atoms with van der Waals surface area (Å²) in [6.45, 7) is 2.43. The summed E-state index contributed by atoms with van der Waals surface area (Å²) < 4.78 is 5.83. The van der Waals surface area contributed by atoms with E-state index in [1.54, 1.807) is 12.1 Å². The van der Waals surface area contributed by atoms with Crippen LogP contribution in [0, 0.1) is 0 Å². The minimum atomic E-state index is 0.327. The minimum Gasteiger partial charge on any atom is -0.508 e. The van der Waals surface area contributed by atoms with Crippen LogP contribution in [0.15, 0.2) is 24.3 Å². The number of nitrogens with one attached hydrogen (secondary N) is 1. The fourth-order valence-corrected chi connectivity index (χ4v) is 2.43. The van der Waals surface area contributed by atoms with Gasteiger partial charge in [-0.1, -0.05) is 31.4 Å². The molecular formula is C15H23NO2. The van der Waals surface area contributed by atoms with Gasteiger partial charge in [0.2, 0.25) is 0 Å². The Morgan fingerprint density at radius 1 is 1.22 bits per heavy atom. The van der Waals surface area contributed by atoms with E-state index in [0.717, 1.165) is 25.3 Å². The summed E-state index contributed by atoms with van der Waals surface area (Å²) in [4.78, 5) is 0. The first-order valence-corrected chi connectivity index (χ1v) is 6.95. The van der Waals surface area contributed by atoms with E-state index in [9.17, 15) is 5.11 Å². The van der Waals surface area contributed by atoms with Gasteiger partial charge >= 0.3 is 0 Å². The van der Waals surface area contributed by atoms with E-state index in [1.807, 2.05) is 12.1 Å². The largest absolute Gasteiger partial charge is 0.508 e. The highest BCUT2D eigenvalue weighted by atomic mass is 16.5. The molecule has 0 aliphatic heterocycles. The molecule has 1 fully saturated rings. The molecule has 0 saturated heterocycles. The number of aromatic hydroxyl groups is 1. The number of rotatable bonds is 6. The predicted molar refractivity (Wildman–Crippen MR) is 72.6 cm³/mol. The van der Waals surface area contributed by atoms with E-state index >= 15 is 0 Å². The molecule has 0 heterocycles. The minimum absolute atomic E-state index is 0.327. The van der Waals surface area contributed by atoms with Crippen LogP contribution in [0.2, 0.25) is 0 Å². The van der Waals surface area contributed by atoms with Crippen molar-refractivity contribution in [1.29, 1.82) is 0 Å². The molecule has 0 radical (unpaired) electrons. The molecule has 2 rings (SSSR count). The number of phenolic OH excluding ortho intramolecular Hbond substituents is 1. The first-order chi connectivity index (χ1) is 8.84. The highest BCUT2D eigenvalue weighted by Crippen LogP contribution is 2.19. The molecule has 1 aliphatic carbocycles. The highest BCUT2D eigenvalue weighted by Gasteiger charge is 2.12. The van der Waals surface area contributed by atoms with Crippen molar-refractivity contribution >= 4 is 0 Å². The molecule has 0 amide bonds. The first-order valence-electron chi connectivity index (χ1n) is 6.95. The van der Waals surface area contributed by atoms with Crippen LogP contribution in [-0.4, -0.2) is 24.4 Å². The average molecular weight is 249 g/mol. The van der Waals surface area contributed by atoms with Crippen molar-refractivity contribution in [3.05, 3.63) is 29.8 Å². The Bertz CT molecular complexity index is 348. The van der Waals surface area contributed by atoms with Gasteiger partial charge < -0.3 is 15.2 Å². The molecular weight excluding hydrogens is 226 g/mol. The lowest BCUT2D eigenvalue weighted by Gasteiger charge is -2.22. The molecule has 1 aliphatic rings. The Labute approximate surface area is 109 Å². The third-order valence-corrected chi connectivity index (χ3v) is 3.42. The molecule has 0 unspecified atom stereocenters. The highest BCUT2D eigenvalue weighted by molar-refractivity contribution is 5.26. The fourth-order valence-electron chi connectivity index (χ4n) is 2.43. The van der Waals surface area contributed by atoms with Gasteiger partial charge in [0, 0.05) is 13.1 Å². The van der Waals surface area contributed by atoms with E-state index in [-0.39, 0.29) is 0 Å². The smallest absolute Gasteiger partial charge is 0.115 e. The molecule has 3 nitrogen and oxygen atoms in total. The molecule has 0 bridgehead atoms. The molecule has 100 valence electrons. The first kappa shape index (κ1) is 13.4. The molecule has 3 heteroatoms. The summed E-state index contributed by atoms with van der Waals surface area (Å²) in [6, 6.07) is 7.35. The summed E-state index contributed by atoms with van der Waals surface area (Å²) >= 11 is 0. The van der Waals surface area contributed by atoms with Gasteiger partial charge in [-0.15, -0.1) is 0 Å². The van der Waals surface area contributed by atoms with Crippen molar-refractivity contribution in [2.45, 2.75) is 44.8 Å². The lowest BCUT2D eigenvalue weighted by atomic mass is 9.98. The fraction of sp³-hybridized carbons (Fsp3) is 0.600. The summed E-state index contributed by atoms with van der Waals surface area (Å²) in [6.07, 6.45) is 6.96. The van der Waals surface area contributed by atoms with Crippen molar-refractivity contribution in [3.8, 4) is 5.75 Å². The van der Waals surface area contributed by atoms with Gasteiger partial charge in [-0.3, -0.25) is 0 Å². The third-order valence-electron chi connectivity index (χ3n) is 3.42. The topological polar surface area (TPSA) is 41.5 Å². The molecule has 18 heavy (non-hydrogen) atoms. The quantitative estimate of drug-likeness (QED) is 0.762. The number of hydrogen-bond acceptors (Lipinski definition) is 3. The molecule has 0 atom stereocenters. The van der Waals surface area contributed by atoms with Crippen molar-refractivity contribution in [2.75, 3.05) is 13.2 Å². The van der Waals surface area contributed by atoms with Gasteiger partial charge in [-0.2, -0.15) is 0 Å². The van der Waals surface area contributed by atoms with Crippen LogP contribution in [0.1, 0.15) is 37.7 Å². The van der Waals surface area contributed by atoms with Crippen LogP contribution < -0.4 is 5.32 Å². The standard InChI is InChI=1S/C15H23NO2/c17-14-6-4-5-13(11-14)12-16-9-10-18-15-7-2-1-3-8-15/h4-6,11,15-17H,1-3,7-10,12H2. The average Bonchev–Trinajstić information content (AvgIpc) is 2.40. The van der Waals surface area contributed by atoms with Crippen LogP contribution in [0.4, 0.5) is 0 Å². The normalized spacial score (nSPS) is 16.9. The third kappa shape index (κ3) is 4.67. The second-order valence-electron chi connectivity index (χ2n) is 4.98. The second kappa shape index (κ2) is 7.39. The van der Waals surface area contributed by atoms with Crippen LogP contribution in [0.5, 0.6) is 5.75 Å². The lowest BCUT2D eigenvalue weighted by molar-refractivity contribution is 0.0302. The zero-order valence-corrected chi connectivity index (χ0v) is 10.9. The van der Waals surface area contributed by atoms with E-state index in [2.05, 4.69) is 5.32 Å². The van der Waals surface area contributed by atoms with Gasteiger partial charge in [0.25, 0.3) is 0 Å². The molecule has 2 N–H and O–H groups in total. The Morgan fingerprint density at radius 2 is 2.06 bits per heavy atom. The van der Waals surface area contributed by atoms with Crippen molar-refractivity contribution in [3.63, 3.8) is 0 Å². The maximum absolute atomic E-state index is 9.33. The zero-order chi connectivity index (χ0) is 12.6. The summed E-state index contributed by atoms with van der Waals surface area (Å²) in [5.41, 5.74) is 1.10. The van der Waals surface area contributed by atoms with E-state index in [4.69, 9.17) is 4.74 Å². The van der Waals surface area contributed by atoms with E-state index in [1.165, 1.54) is 32.1 Å². The Balaban J connectivity index is 1.55. The molecule has 0 aromatic heterocycles. The van der Waals surface area contributed by atoms with Crippen LogP contribution in [0.3, 0.4) is 0 Å². The number of ether oxygens (including phenoxy) is 1. The number of benzene rings is 1. The molecule has 0 spiro atoms. The van der Waals surface area contributed by atoms with Gasteiger partial charge in [-0.25, -0.2) is 0 Å². The lowest BCUT2D eigenvalue weighted by Crippen LogP contribution is -2.24. The van der Waals surface area contributed by atoms with Crippen LogP contribution >= 0.6 is 0 Å². The van der Waals surface area contributed by atoms with Gasteiger partial charge in [0.05, 0.1) is 12.7 Å². The van der Waals surface area contributed by atoms with Crippen LogP contribution in [-0.2, 0) is 11.3 Å². The van der Waals surface area contributed by atoms with Crippen LogP contribution in [0.25, 0.3) is 0 Å². The predicted octanol–water partition coefficient (Wildman–Crippen LogP) is 2.83. The molecule has 1 saturated carbocycles. The Morgan fingerprint density at radius 3 is 2.83 bits per heavy atom. The van der Waals surface area contributed by atoms with Gasteiger partial charge in [-0.05, 0) is 30.5 Å². The maximum atomic E-state index is 9.33. The summed E-state index contributed by atoms with van der Waals surface area (Å²) in [7, 11) is 0. The number of hydrogen-bond donors (Lipinski definition) is 2. The van der Waals surface area contributed by atoms with Crippen molar-refractivity contribution in [1.82, 2.24) is 5.32 Å². The van der Waals surface area contributed by atoms with E-state index in [0.29, 0.717) is 11.9 Å². The van der Waals surface area contributed by atoms with E-state index < -0.39 is 0 Å². The SMILES string of the molecule is Oc1cccc(CNCCOC2CCCCC2)c1. The summed E-state index contributed by atoms with van der Waals surface area (Å²) in [5.74, 6) is 0.327. The maximum Gasteiger partial charge on any atom is 0.115 e.